The van der Waals surface area contributed by atoms with Crippen LogP contribution in [0, 0.1) is 11.3 Å². The van der Waals surface area contributed by atoms with E-state index < -0.39 is 16.0 Å². The van der Waals surface area contributed by atoms with Crippen molar-refractivity contribution in [2.75, 3.05) is 4.72 Å². The molecule has 1 aromatic carbocycles. The average Bonchev–Trinajstić information content (AvgIpc) is 2.98. The SMILES string of the molecule is N#Cc1ccc(S(=O)(=O)Nc2ccc3c(C(=O)O)c[nH]c3c2)cn1. The van der Waals surface area contributed by atoms with Gasteiger partial charge in [-0.15, -0.1) is 0 Å². The Bertz CT molecular complexity index is 1080. The number of hydrogen-bond acceptors (Lipinski definition) is 5. The summed E-state index contributed by atoms with van der Waals surface area (Å²) in [6.45, 7) is 0. The Hall–Kier alpha value is -3.38. The predicted molar refractivity (Wildman–Crippen MR) is 85.0 cm³/mol. The molecule has 3 rings (SSSR count). The second kappa shape index (κ2) is 5.68. The Kier molecular flexibility index (Phi) is 3.67. The van der Waals surface area contributed by atoms with Gasteiger partial charge in [0.1, 0.15) is 16.7 Å². The molecule has 0 saturated carbocycles. The fourth-order valence-electron chi connectivity index (χ4n) is 2.19. The summed E-state index contributed by atoms with van der Waals surface area (Å²) in [5.41, 5.74) is 0.981. The number of aromatic carboxylic acids is 1. The van der Waals surface area contributed by atoms with Crippen LogP contribution in [0.5, 0.6) is 0 Å². The number of sulfonamides is 1. The Morgan fingerprint density at radius 3 is 2.71 bits per heavy atom. The third-order valence-corrected chi connectivity index (χ3v) is 4.69. The number of pyridine rings is 1. The quantitative estimate of drug-likeness (QED) is 0.663. The first-order valence-electron chi connectivity index (χ1n) is 6.64. The summed E-state index contributed by atoms with van der Waals surface area (Å²) in [4.78, 5) is 17.5. The van der Waals surface area contributed by atoms with Crippen LogP contribution in [0.25, 0.3) is 10.9 Å². The second-order valence-corrected chi connectivity index (χ2v) is 6.55. The number of nitrogens with zero attached hydrogens (tertiary/aromatic N) is 2. The first-order chi connectivity index (χ1) is 11.4. The van der Waals surface area contributed by atoms with Crippen molar-refractivity contribution in [2.24, 2.45) is 0 Å². The van der Waals surface area contributed by atoms with Crippen LogP contribution < -0.4 is 4.72 Å². The van der Waals surface area contributed by atoms with Gasteiger partial charge < -0.3 is 10.1 Å². The summed E-state index contributed by atoms with van der Waals surface area (Å²) in [5, 5.41) is 18.2. The number of aromatic nitrogens is 2. The highest BCUT2D eigenvalue weighted by atomic mass is 32.2. The third-order valence-electron chi connectivity index (χ3n) is 3.33. The van der Waals surface area contributed by atoms with Gasteiger partial charge in [-0.3, -0.25) is 4.72 Å². The molecule has 0 fully saturated rings. The average molecular weight is 342 g/mol. The largest absolute Gasteiger partial charge is 0.478 e. The molecule has 0 amide bonds. The minimum atomic E-state index is -3.87. The van der Waals surface area contributed by atoms with E-state index in [-0.39, 0.29) is 21.8 Å². The van der Waals surface area contributed by atoms with E-state index in [9.17, 15) is 13.2 Å². The Labute approximate surface area is 136 Å². The summed E-state index contributed by atoms with van der Waals surface area (Å²) in [5.74, 6) is -1.07. The Balaban J connectivity index is 1.93. The predicted octanol–water partition coefficient (Wildman–Crippen LogP) is 1.93. The van der Waals surface area contributed by atoms with E-state index in [1.54, 1.807) is 0 Å². The molecule has 9 heteroatoms. The van der Waals surface area contributed by atoms with Gasteiger partial charge >= 0.3 is 5.97 Å². The van der Waals surface area contributed by atoms with Gasteiger partial charge in [-0.1, -0.05) is 0 Å². The molecule has 0 spiro atoms. The number of anilines is 1. The molecule has 3 aromatic rings. The van der Waals surface area contributed by atoms with Gasteiger partial charge in [-0.05, 0) is 30.3 Å². The summed E-state index contributed by atoms with van der Waals surface area (Å²) in [7, 11) is -3.87. The van der Waals surface area contributed by atoms with E-state index in [4.69, 9.17) is 10.4 Å². The Morgan fingerprint density at radius 1 is 1.29 bits per heavy atom. The highest BCUT2D eigenvalue weighted by Crippen LogP contribution is 2.24. The molecule has 8 nitrogen and oxygen atoms in total. The maximum atomic E-state index is 12.3. The monoisotopic (exact) mass is 342 g/mol. The normalized spacial score (nSPS) is 11.1. The number of H-pyrrole nitrogens is 1. The van der Waals surface area contributed by atoms with Gasteiger partial charge in [0, 0.05) is 23.3 Å². The van der Waals surface area contributed by atoms with E-state index >= 15 is 0 Å². The first-order valence-corrected chi connectivity index (χ1v) is 8.12. The lowest BCUT2D eigenvalue weighted by molar-refractivity contribution is 0.0699. The number of benzene rings is 1. The molecular weight excluding hydrogens is 332 g/mol. The number of carboxylic acids is 1. The summed E-state index contributed by atoms with van der Waals surface area (Å²) >= 11 is 0. The number of fused-ring (bicyclic) bond motifs is 1. The number of nitriles is 1. The molecule has 24 heavy (non-hydrogen) atoms. The second-order valence-electron chi connectivity index (χ2n) is 4.86. The lowest BCUT2D eigenvalue weighted by Crippen LogP contribution is -2.13. The van der Waals surface area contributed by atoms with Gasteiger partial charge in [0.2, 0.25) is 0 Å². The summed E-state index contributed by atoms with van der Waals surface area (Å²) in [6, 6.07) is 8.88. The lowest BCUT2D eigenvalue weighted by atomic mass is 10.1. The van der Waals surface area contributed by atoms with Crippen LogP contribution in [0.3, 0.4) is 0 Å². The molecule has 0 bridgehead atoms. The molecule has 2 heterocycles. The van der Waals surface area contributed by atoms with Crippen molar-refractivity contribution in [1.82, 2.24) is 9.97 Å². The van der Waals surface area contributed by atoms with Crippen molar-refractivity contribution in [3.8, 4) is 6.07 Å². The minimum Gasteiger partial charge on any atom is -0.478 e. The van der Waals surface area contributed by atoms with Crippen molar-refractivity contribution >= 4 is 32.6 Å². The van der Waals surface area contributed by atoms with E-state index in [1.807, 2.05) is 6.07 Å². The zero-order valence-corrected chi connectivity index (χ0v) is 12.8. The molecule has 0 atom stereocenters. The summed E-state index contributed by atoms with van der Waals surface area (Å²) in [6.07, 6.45) is 2.44. The van der Waals surface area contributed by atoms with Crippen molar-refractivity contribution in [1.29, 1.82) is 5.26 Å². The van der Waals surface area contributed by atoms with E-state index in [0.29, 0.717) is 10.9 Å². The zero-order chi connectivity index (χ0) is 17.3. The Morgan fingerprint density at radius 2 is 2.08 bits per heavy atom. The number of carbonyl (C=O) groups is 1. The van der Waals surface area contributed by atoms with Gasteiger partial charge in [-0.2, -0.15) is 5.26 Å². The summed E-state index contributed by atoms with van der Waals surface area (Å²) < 4.78 is 27.0. The molecule has 3 N–H and O–H groups in total. The van der Waals surface area contributed by atoms with E-state index in [1.165, 1.54) is 36.5 Å². The van der Waals surface area contributed by atoms with E-state index in [2.05, 4.69) is 14.7 Å². The molecular formula is C15H10N4O4S. The molecule has 0 aliphatic carbocycles. The smallest absolute Gasteiger partial charge is 0.337 e. The van der Waals surface area contributed by atoms with Crippen molar-refractivity contribution in [2.45, 2.75) is 4.90 Å². The molecule has 0 saturated heterocycles. The van der Waals surface area contributed by atoms with Gasteiger partial charge in [0.05, 0.1) is 11.3 Å². The van der Waals surface area contributed by atoms with Crippen molar-refractivity contribution in [3.05, 3.63) is 54.0 Å². The van der Waals surface area contributed by atoms with Crippen LogP contribution in [0.2, 0.25) is 0 Å². The number of rotatable bonds is 4. The van der Waals surface area contributed by atoms with Crippen LogP contribution >= 0.6 is 0 Å². The number of carboxylic acid groups (broad SMARTS) is 1. The maximum Gasteiger partial charge on any atom is 0.337 e. The minimum absolute atomic E-state index is 0.0840. The van der Waals surface area contributed by atoms with Gasteiger partial charge in [0.15, 0.2) is 0 Å². The maximum absolute atomic E-state index is 12.3. The number of aromatic amines is 1. The molecule has 0 radical (unpaired) electrons. The van der Waals surface area contributed by atoms with Gasteiger partial charge in [0.25, 0.3) is 10.0 Å². The fraction of sp³-hybridized carbons (Fsp3) is 0. The van der Waals surface area contributed by atoms with Crippen LogP contribution in [0.1, 0.15) is 16.1 Å². The highest BCUT2D eigenvalue weighted by molar-refractivity contribution is 7.92. The molecule has 0 aliphatic rings. The number of hydrogen-bond donors (Lipinski definition) is 3. The van der Waals surface area contributed by atoms with E-state index in [0.717, 1.165) is 6.20 Å². The molecule has 0 unspecified atom stereocenters. The molecule has 0 aliphatic heterocycles. The fourth-order valence-corrected chi connectivity index (χ4v) is 3.18. The topological polar surface area (TPSA) is 136 Å². The van der Waals surface area contributed by atoms with Crippen LogP contribution in [0.4, 0.5) is 5.69 Å². The van der Waals surface area contributed by atoms with Crippen molar-refractivity contribution < 1.29 is 18.3 Å². The standard InChI is InChI=1S/C15H10N4O4S/c16-6-10-1-3-11(7-17-10)24(22,23)19-9-2-4-12-13(15(20)21)8-18-14(12)5-9/h1-5,7-8,18-19H,(H,20,21). The highest BCUT2D eigenvalue weighted by Gasteiger charge is 2.16. The third kappa shape index (κ3) is 2.78. The van der Waals surface area contributed by atoms with Crippen LogP contribution in [0.15, 0.2) is 47.6 Å². The zero-order valence-electron chi connectivity index (χ0n) is 12.0. The molecule has 2 aromatic heterocycles. The molecule has 120 valence electrons. The van der Waals surface area contributed by atoms with Crippen LogP contribution in [-0.2, 0) is 10.0 Å². The lowest BCUT2D eigenvalue weighted by Gasteiger charge is -2.08. The van der Waals surface area contributed by atoms with Gasteiger partial charge in [-0.25, -0.2) is 18.2 Å². The van der Waals surface area contributed by atoms with Crippen molar-refractivity contribution in [3.63, 3.8) is 0 Å². The first kappa shape index (κ1) is 15.5. The number of nitrogens with one attached hydrogen (secondary N) is 2. The van der Waals surface area contributed by atoms with Crippen LogP contribution in [-0.4, -0.2) is 29.5 Å².